The van der Waals surface area contributed by atoms with Gasteiger partial charge < -0.3 is 5.32 Å². The van der Waals surface area contributed by atoms with Crippen LogP contribution in [0, 0.1) is 0 Å². The molecule has 0 aliphatic carbocycles. The smallest absolute Gasteiger partial charge is 0.0325 e. The maximum absolute atomic E-state index is 3.49. The Balaban J connectivity index is 1.78. The minimum absolute atomic E-state index is 0.556. The van der Waals surface area contributed by atoms with Gasteiger partial charge in [-0.05, 0) is 45.1 Å². The zero-order chi connectivity index (χ0) is 15.2. The Morgan fingerprint density at radius 2 is 2.14 bits per heavy atom. The fraction of sp³-hybridized carbons (Fsp3) is 0.765. The van der Waals surface area contributed by atoms with E-state index in [0.717, 1.165) is 19.1 Å². The third-order valence-corrected chi connectivity index (χ3v) is 5.33. The van der Waals surface area contributed by atoms with E-state index in [4.69, 9.17) is 0 Å². The van der Waals surface area contributed by atoms with Crippen LogP contribution in [0.1, 0.15) is 43.4 Å². The highest BCUT2D eigenvalue weighted by molar-refractivity contribution is 7.11. The Kier molecular flexibility index (Phi) is 6.68. The van der Waals surface area contributed by atoms with Gasteiger partial charge in [0.2, 0.25) is 0 Å². The van der Waals surface area contributed by atoms with Crippen molar-refractivity contribution in [1.82, 2.24) is 15.1 Å². The molecule has 1 aromatic heterocycles. The first-order valence-electron chi connectivity index (χ1n) is 8.32. The lowest BCUT2D eigenvalue weighted by atomic mass is 10.2. The number of hydrogen-bond donors (Lipinski definition) is 1. The van der Waals surface area contributed by atoms with E-state index in [-0.39, 0.29) is 0 Å². The van der Waals surface area contributed by atoms with Crippen molar-refractivity contribution in [3.05, 3.63) is 21.9 Å². The molecule has 3 nitrogen and oxygen atoms in total. The molecule has 2 heterocycles. The van der Waals surface area contributed by atoms with Crippen molar-refractivity contribution in [2.45, 2.75) is 58.8 Å². The van der Waals surface area contributed by atoms with Gasteiger partial charge in [0.25, 0.3) is 0 Å². The molecule has 0 spiro atoms. The maximum atomic E-state index is 3.49. The second-order valence-electron chi connectivity index (χ2n) is 6.53. The van der Waals surface area contributed by atoms with Crippen molar-refractivity contribution >= 4 is 11.3 Å². The van der Waals surface area contributed by atoms with Gasteiger partial charge in [0.1, 0.15) is 0 Å². The Morgan fingerprint density at radius 3 is 2.86 bits per heavy atom. The van der Waals surface area contributed by atoms with E-state index in [1.165, 1.54) is 42.2 Å². The zero-order valence-corrected chi connectivity index (χ0v) is 14.9. The third-order valence-electron chi connectivity index (χ3n) is 4.26. The molecular weight excluding hydrogens is 278 g/mol. The average molecular weight is 310 g/mol. The van der Waals surface area contributed by atoms with Crippen LogP contribution in [0.4, 0.5) is 0 Å². The Labute approximate surface area is 134 Å². The van der Waals surface area contributed by atoms with Crippen molar-refractivity contribution in [3.8, 4) is 0 Å². The van der Waals surface area contributed by atoms with Gasteiger partial charge in [-0.15, -0.1) is 11.3 Å². The predicted molar refractivity (Wildman–Crippen MR) is 92.9 cm³/mol. The fourth-order valence-corrected chi connectivity index (χ4v) is 4.16. The third kappa shape index (κ3) is 5.37. The van der Waals surface area contributed by atoms with E-state index < -0.39 is 0 Å². The summed E-state index contributed by atoms with van der Waals surface area (Å²) in [5.41, 5.74) is 0. The van der Waals surface area contributed by atoms with Crippen LogP contribution in [0.5, 0.6) is 0 Å². The van der Waals surface area contributed by atoms with Crippen LogP contribution in [-0.2, 0) is 13.1 Å². The van der Waals surface area contributed by atoms with Crippen molar-refractivity contribution in [2.75, 3.05) is 26.7 Å². The zero-order valence-electron chi connectivity index (χ0n) is 14.1. The summed E-state index contributed by atoms with van der Waals surface area (Å²) in [4.78, 5) is 8.05. The topological polar surface area (TPSA) is 18.5 Å². The molecule has 1 atom stereocenters. The fourth-order valence-electron chi connectivity index (χ4n) is 3.12. The Hall–Kier alpha value is -0.420. The summed E-state index contributed by atoms with van der Waals surface area (Å²) in [6, 6.07) is 5.89. The highest BCUT2D eigenvalue weighted by Crippen LogP contribution is 2.21. The van der Waals surface area contributed by atoms with Gasteiger partial charge in [0.05, 0.1) is 0 Å². The van der Waals surface area contributed by atoms with Gasteiger partial charge in [0, 0.05) is 41.5 Å². The molecule has 0 saturated carbocycles. The van der Waals surface area contributed by atoms with Gasteiger partial charge in [0.15, 0.2) is 0 Å². The number of rotatable bonds is 8. The molecule has 0 amide bonds. The van der Waals surface area contributed by atoms with E-state index in [9.17, 15) is 0 Å². The minimum atomic E-state index is 0.556. The number of likely N-dealkylation sites (tertiary alicyclic amines) is 1. The van der Waals surface area contributed by atoms with E-state index in [1.54, 1.807) is 0 Å². The normalized spacial score (nSPS) is 20.0. The number of hydrogen-bond acceptors (Lipinski definition) is 4. The number of nitrogens with one attached hydrogen (secondary N) is 1. The lowest BCUT2D eigenvalue weighted by Gasteiger charge is -2.27. The summed E-state index contributed by atoms with van der Waals surface area (Å²) in [5.74, 6) is 0. The molecule has 21 heavy (non-hydrogen) atoms. The van der Waals surface area contributed by atoms with Crippen LogP contribution in [0.25, 0.3) is 0 Å². The molecule has 4 heteroatoms. The molecular formula is C17H31N3S. The Bertz CT molecular complexity index is 416. The molecule has 120 valence electrons. The highest BCUT2D eigenvalue weighted by Gasteiger charge is 2.23. The maximum Gasteiger partial charge on any atom is 0.0325 e. The van der Waals surface area contributed by atoms with Crippen molar-refractivity contribution < 1.29 is 0 Å². The lowest BCUT2D eigenvalue weighted by Crippen LogP contribution is -2.38. The Morgan fingerprint density at radius 1 is 1.38 bits per heavy atom. The standard InChI is InChI=1S/C17H31N3S/c1-5-20-10-6-7-15(20)12-19(4)13-17-9-8-16(21-17)11-18-14(2)3/h8-9,14-15,18H,5-7,10-13H2,1-4H3. The number of nitrogens with zero attached hydrogens (tertiary/aromatic N) is 2. The second-order valence-corrected chi connectivity index (χ2v) is 7.78. The highest BCUT2D eigenvalue weighted by atomic mass is 32.1. The molecule has 1 aliphatic heterocycles. The lowest BCUT2D eigenvalue weighted by molar-refractivity contribution is 0.195. The first-order chi connectivity index (χ1) is 10.1. The van der Waals surface area contributed by atoms with E-state index in [1.807, 2.05) is 11.3 Å². The summed E-state index contributed by atoms with van der Waals surface area (Å²) in [6.45, 7) is 12.4. The monoisotopic (exact) mass is 309 g/mol. The van der Waals surface area contributed by atoms with E-state index >= 15 is 0 Å². The van der Waals surface area contributed by atoms with Crippen molar-refractivity contribution in [2.24, 2.45) is 0 Å². The van der Waals surface area contributed by atoms with E-state index in [2.05, 4.69) is 55.1 Å². The SMILES string of the molecule is CCN1CCCC1CN(C)Cc1ccc(CNC(C)C)s1. The van der Waals surface area contributed by atoms with Crippen LogP contribution in [0.15, 0.2) is 12.1 Å². The first-order valence-corrected chi connectivity index (χ1v) is 9.13. The predicted octanol–water partition coefficient (Wildman–Crippen LogP) is 3.16. The van der Waals surface area contributed by atoms with Crippen LogP contribution in [0.2, 0.25) is 0 Å². The van der Waals surface area contributed by atoms with Crippen LogP contribution < -0.4 is 5.32 Å². The van der Waals surface area contributed by atoms with Crippen LogP contribution in [0.3, 0.4) is 0 Å². The molecule has 1 aliphatic rings. The summed E-state index contributed by atoms with van der Waals surface area (Å²) in [5, 5.41) is 3.49. The molecule has 1 unspecified atom stereocenters. The van der Waals surface area contributed by atoms with Gasteiger partial charge in [-0.3, -0.25) is 9.80 Å². The summed E-state index contributed by atoms with van der Waals surface area (Å²) in [6.07, 6.45) is 2.74. The van der Waals surface area contributed by atoms with E-state index in [0.29, 0.717) is 6.04 Å². The van der Waals surface area contributed by atoms with Crippen molar-refractivity contribution in [3.63, 3.8) is 0 Å². The van der Waals surface area contributed by atoms with Crippen molar-refractivity contribution in [1.29, 1.82) is 0 Å². The van der Waals surface area contributed by atoms with Crippen LogP contribution >= 0.6 is 11.3 Å². The number of likely N-dealkylation sites (N-methyl/N-ethyl adjacent to an activating group) is 2. The molecule has 0 radical (unpaired) electrons. The molecule has 0 aromatic carbocycles. The molecule has 0 bridgehead atoms. The van der Waals surface area contributed by atoms with Gasteiger partial charge in [-0.2, -0.15) is 0 Å². The molecule has 1 fully saturated rings. The summed E-state index contributed by atoms with van der Waals surface area (Å²) >= 11 is 1.95. The molecule has 2 rings (SSSR count). The second kappa shape index (κ2) is 8.28. The molecule has 1 aromatic rings. The summed E-state index contributed by atoms with van der Waals surface area (Å²) in [7, 11) is 2.26. The molecule has 1 saturated heterocycles. The largest absolute Gasteiger partial charge is 0.310 e. The van der Waals surface area contributed by atoms with Gasteiger partial charge in [-0.25, -0.2) is 0 Å². The molecule has 1 N–H and O–H groups in total. The van der Waals surface area contributed by atoms with Crippen LogP contribution in [-0.4, -0.2) is 48.6 Å². The summed E-state index contributed by atoms with van der Waals surface area (Å²) < 4.78 is 0. The quantitative estimate of drug-likeness (QED) is 0.796. The number of thiophene rings is 1. The van der Waals surface area contributed by atoms with Gasteiger partial charge >= 0.3 is 0 Å². The van der Waals surface area contributed by atoms with Gasteiger partial charge in [-0.1, -0.05) is 20.8 Å². The first kappa shape index (κ1) is 16.9. The minimum Gasteiger partial charge on any atom is -0.310 e. The average Bonchev–Trinajstić information content (AvgIpc) is 3.05.